The first-order chi connectivity index (χ1) is 7.17. The van der Waals surface area contributed by atoms with Gasteiger partial charge < -0.3 is 20.8 Å². The lowest BCUT2D eigenvalue weighted by molar-refractivity contribution is 0.316. The number of hydrogen-bond acceptors (Lipinski definition) is 4. The summed E-state index contributed by atoms with van der Waals surface area (Å²) in [5.41, 5.74) is 6.18. The van der Waals surface area contributed by atoms with Crippen molar-refractivity contribution in [2.75, 3.05) is 6.61 Å². The Morgan fingerprint density at radius 2 is 2.27 bits per heavy atom. The SMILES string of the molecule is CCOc1cc(C/C(N)=N/O)ccc1O. The van der Waals surface area contributed by atoms with E-state index >= 15 is 0 Å². The van der Waals surface area contributed by atoms with Gasteiger partial charge in [-0.1, -0.05) is 11.2 Å². The van der Waals surface area contributed by atoms with Crippen LogP contribution < -0.4 is 10.5 Å². The van der Waals surface area contributed by atoms with E-state index in [1.807, 2.05) is 6.92 Å². The van der Waals surface area contributed by atoms with Crippen LogP contribution in [0.5, 0.6) is 11.5 Å². The van der Waals surface area contributed by atoms with E-state index in [0.717, 1.165) is 5.56 Å². The standard InChI is InChI=1S/C10H14N2O3/c1-2-15-9-5-7(3-4-8(9)13)6-10(11)12-14/h3-5,13-14H,2,6H2,1H3,(H2,11,12). The van der Waals surface area contributed by atoms with Crippen LogP contribution in [-0.2, 0) is 6.42 Å². The molecule has 0 fully saturated rings. The van der Waals surface area contributed by atoms with Gasteiger partial charge in [0.25, 0.3) is 0 Å². The minimum atomic E-state index is 0.0834. The maximum absolute atomic E-state index is 9.42. The van der Waals surface area contributed by atoms with Crippen molar-refractivity contribution in [3.63, 3.8) is 0 Å². The number of benzene rings is 1. The van der Waals surface area contributed by atoms with Gasteiger partial charge in [0.2, 0.25) is 0 Å². The molecule has 0 aliphatic carbocycles. The van der Waals surface area contributed by atoms with Crippen molar-refractivity contribution < 1.29 is 15.1 Å². The van der Waals surface area contributed by atoms with E-state index in [1.165, 1.54) is 6.07 Å². The molecule has 0 heterocycles. The van der Waals surface area contributed by atoms with Crippen LogP contribution in [-0.4, -0.2) is 22.8 Å². The molecule has 1 aromatic rings. The van der Waals surface area contributed by atoms with Crippen molar-refractivity contribution in [3.8, 4) is 11.5 Å². The lowest BCUT2D eigenvalue weighted by Crippen LogP contribution is -2.14. The zero-order valence-electron chi connectivity index (χ0n) is 8.47. The number of rotatable bonds is 4. The maximum Gasteiger partial charge on any atom is 0.161 e. The summed E-state index contributed by atoms with van der Waals surface area (Å²) in [6.07, 6.45) is 0.316. The summed E-state index contributed by atoms with van der Waals surface area (Å²) in [6.45, 7) is 2.30. The molecule has 0 unspecified atom stereocenters. The van der Waals surface area contributed by atoms with Crippen molar-refractivity contribution in [1.82, 2.24) is 0 Å². The number of amidine groups is 1. The molecular formula is C10H14N2O3. The third-order valence-corrected chi connectivity index (χ3v) is 1.84. The van der Waals surface area contributed by atoms with Gasteiger partial charge in [-0.15, -0.1) is 0 Å². The fraction of sp³-hybridized carbons (Fsp3) is 0.300. The Morgan fingerprint density at radius 3 is 2.87 bits per heavy atom. The summed E-state index contributed by atoms with van der Waals surface area (Å²) in [6, 6.07) is 4.87. The lowest BCUT2D eigenvalue weighted by atomic mass is 10.1. The quantitative estimate of drug-likeness (QED) is 0.300. The Bertz CT molecular complexity index is 364. The molecule has 0 aliphatic heterocycles. The van der Waals surface area contributed by atoms with Crippen LogP contribution in [0.4, 0.5) is 0 Å². The van der Waals surface area contributed by atoms with Gasteiger partial charge in [0.15, 0.2) is 11.5 Å². The van der Waals surface area contributed by atoms with Crippen LogP contribution >= 0.6 is 0 Å². The van der Waals surface area contributed by atoms with Gasteiger partial charge in [0.05, 0.1) is 6.61 Å². The summed E-state index contributed by atoms with van der Waals surface area (Å²) in [5, 5.41) is 20.7. The first kappa shape index (κ1) is 11.2. The molecule has 0 aromatic heterocycles. The van der Waals surface area contributed by atoms with E-state index in [4.69, 9.17) is 15.7 Å². The summed E-state index contributed by atoms with van der Waals surface area (Å²) in [5.74, 6) is 0.601. The molecule has 0 radical (unpaired) electrons. The van der Waals surface area contributed by atoms with E-state index in [1.54, 1.807) is 12.1 Å². The Labute approximate surface area is 87.8 Å². The van der Waals surface area contributed by atoms with Gasteiger partial charge in [-0.2, -0.15) is 0 Å². The van der Waals surface area contributed by atoms with Crippen molar-refractivity contribution in [2.45, 2.75) is 13.3 Å². The first-order valence-electron chi connectivity index (χ1n) is 4.58. The Morgan fingerprint density at radius 1 is 1.53 bits per heavy atom. The fourth-order valence-electron chi connectivity index (χ4n) is 1.18. The second kappa shape index (κ2) is 5.09. The van der Waals surface area contributed by atoms with Crippen LogP contribution in [0.2, 0.25) is 0 Å². The molecule has 1 rings (SSSR count). The predicted molar refractivity (Wildman–Crippen MR) is 56.4 cm³/mol. The van der Waals surface area contributed by atoms with E-state index in [-0.39, 0.29) is 11.6 Å². The molecule has 0 amide bonds. The largest absolute Gasteiger partial charge is 0.504 e. The normalized spacial score (nSPS) is 11.4. The number of phenolic OH excluding ortho intramolecular Hbond substituents is 1. The zero-order chi connectivity index (χ0) is 11.3. The average molecular weight is 210 g/mol. The van der Waals surface area contributed by atoms with Gasteiger partial charge in [0.1, 0.15) is 5.84 Å². The number of oxime groups is 1. The molecule has 0 aliphatic rings. The summed E-state index contributed by atoms with van der Waals surface area (Å²) in [4.78, 5) is 0. The molecule has 1 aromatic carbocycles. The van der Waals surface area contributed by atoms with Crippen LogP contribution in [0.25, 0.3) is 0 Å². The van der Waals surface area contributed by atoms with Gasteiger partial charge in [-0.3, -0.25) is 0 Å². The lowest BCUT2D eigenvalue weighted by Gasteiger charge is -2.07. The van der Waals surface area contributed by atoms with Gasteiger partial charge in [-0.25, -0.2) is 0 Å². The Balaban J connectivity index is 2.87. The van der Waals surface area contributed by atoms with Crippen LogP contribution in [0.1, 0.15) is 12.5 Å². The predicted octanol–water partition coefficient (Wildman–Crippen LogP) is 1.08. The van der Waals surface area contributed by atoms with Crippen LogP contribution in [0.3, 0.4) is 0 Å². The van der Waals surface area contributed by atoms with Crippen molar-refractivity contribution >= 4 is 5.84 Å². The summed E-state index contributed by atoms with van der Waals surface area (Å²) in [7, 11) is 0. The zero-order valence-corrected chi connectivity index (χ0v) is 8.47. The number of ether oxygens (including phenoxy) is 1. The van der Waals surface area contributed by atoms with Gasteiger partial charge >= 0.3 is 0 Å². The van der Waals surface area contributed by atoms with Crippen molar-refractivity contribution in [1.29, 1.82) is 0 Å². The molecule has 0 saturated carbocycles. The smallest absolute Gasteiger partial charge is 0.161 e. The molecular weight excluding hydrogens is 196 g/mol. The first-order valence-corrected chi connectivity index (χ1v) is 4.58. The minimum absolute atomic E-state index is 0.0834. The molecule has 15 heavy (non-hydrogen) atoms. The number of nitrogens with zero attached hydrogens (tertiary/aromatic N) is 1. The van der Waals surface area contributed by atoms with E-state index in [0.29, 0.717) is 18.8 Å². The highest BCUT2D eigenvalue weighted by Crippen LogP contribution is 2.26. The number of hydrogen-bond donors (Lipinski definition) is 3. The third kappa shape index (κ3) is 3.05. The highest BCUT2D eigenvalue weighted by Gasteiger charge is 2.04. The second-order valence-electron chi connectivity index (χ2n) is 3.00. The summed E-state index contributed by atoms with van der Waals surface area (Å²) >= 11 is 0. The number of nitrogens with two attached hydrogens (primary N) is 1. The monoisotopic (exact) mass is 210 g/mol. The summed E-state index contributed by atoms with van der Waals surface area (Å²) < 4.78 is 5.20. The molecule has 82 valence electrons. The molecule has 0 atom stereocenters. The highest BCUT2D eigenvalue weighted by atomic mass is 16.5. The maximum atomic E-state index is 9.42. The van der Waals surface area contributed by atoms with Crippen molar-refractivity contribution in [3.05, 3.63) is 23.8 Å². The molecule has 0 spiro atoms. The van der Waals surface area contributed by atoms with Crippen molar-refractivity contribution in [2.24, 2.45) is 10.9 Å². The van der Waals surface area contributed by atoms with E-state index in [9.17, 15) is 5.11 Å². The van der Waals surface area contributed by atoms with Crippen LogP contribution in [0, 0.1) is 0 Å². The Hall–Kier alpha value is -1.91. The molecule has 0 bridgehead atoms. The van der Waals surface area contributed by atoms with E-state index in [2.05, 4.69) is 5.16 Å². The third-order valence-electron chi connectivity index (χ3n) is 1.84. The molecule has 0 saturated heterocycles. The number of phenols is 1. The van der Waals surface area contributed by atoms with E-state index < -0.39 is 0 Å². The topological polar surface area (TPSA) is 88.1 Å². The van der Waals surface area contributed by atoms with Gasteiger partial charge in [-0.05, 0) is 24.6 Å². The fourth-order valence-corrected chi connectivity index (χ4v) is 1.18. The average Bonchev–Trinajstić information content (AvgIpc) is 2.23. The molecule has 5 heteroatoms. The molecule has 5 nitrogen and oxygen atoms in total. The number of aromatic hydroxyl groups is 1. The minimum Gasteiger partial charge on any atom is -0.504 e. The Kier molecular flexibility index (Phi) is 3.79. The van der Waals surface area contributed by atoms with Gasteiger partial charge in [0, 0.05) is 6.42 Å². The van der Waals surface area contributed by atoms with Crippen LogP contribution in [0.15, 0.2) is 23.4 Å². The second-order valence-corrected chi connectivity index (χ2v) is 3.00. The highest BCUT2D eigenvalue weighted by molar-refractivity contribution is 5.82. The molecule has 4 N–H and O–H groups in total.